The molecule has 1 unspecified atom stereocenters. The molecule has 0 saturated heterocycles. The third kappa shape index (κ3) is 3.32. The van der Waals surface area contributed by atoms with Gasteiger partial charge in [0.15, 0.2) is 0 Å². The maximum atomic E-state index is 9.40. The van der Waals surface area contributed by atoms with Gasteiger partial charge in [-0.2, -0.15) is 0 Å². The highest BCUT2D eigenvalue weighted by molar-refractivity contribution is 5.54. The Morgan fingerprint density at radius 2 is 1.65 bits per heavy atom. The van der Waals surface area contributed by atoms with E-state index >= 15 is 0 Å². The zero-order chi connectivity index (χ0) is 14.5. The number of para-hydroxylation sites is 1. The van der Waals surface area contributed by atoms with Crippen LogP contribution < -0.4 is 5.32 Å². The Kier molecular flexibility index (Phi) is 4.67. The van der Waals surface area contributed by atoms with Crippen LogP contribution in [0.3, 0.4) is 0 Å². The van der Waals surface area contributed by atoms with Gasteiger partial charge in [-0.1, -0.05) is 51.1 Å². The van der Waals surface area contributed by atoms with Crippen molar-refractivity contribution in [1.29, 1.82) is 0 Å². The SMILES string of the molecule is CCC(Nc1ccccc1C(C)C)c1ccc(O)cc1. The van der Waals surface area contributed by atoms with Crippen molar-refractivity contribution in [1.82, 2.24) is 0 Å². The maximum Gasteiger partial charge on any atom is 0.115 e. The van der Waals surface area contributed by atoms with E-state index in [2.05, 4.69) is 50.4 Å². The minimum Gasteiger partial charge on any atom is -0.508 e. The molecular formula is C18H23NO. The number of aromatic hydroxyl groups is 1. The highest BCUT2D eigenvalue weighted by Gasteiger charge is 2.12. The molecular weight excluding hydrogens is 246 g/mol. The first-order valence-corrected chi connectivity index (χ1v) is 7.26. The van der Waals surface area contributed by atoms with Crippen molar-refractivity contribution in [2.75, 3.05) is 5.32 Å². The van der Waals surface area contributed by atoms with E-state index in [1.165, 1.54) is 16.8 Å². The van der Waals surface area contributed by atoms with E-state index in [0.717, 1.165) is 6.42 Å². The molecule has 2 aromatic rings. The second-order valence-electron chi connectivity index (χ2n) is 5.44. The normalized spacial score (nSPS) is 12.4. The van der Waals surface area contributed by atoms with Crippen molar-refractivity contribution in [2.24, 2.45) is 0 Å². The zero-order valence-electron chi connectivity index (χ0n) is 12.4. The van der Waals surface area contributed by atoms with Crippen LogP contribution in [0.25, 0.3) is 0 Å². The van der Waals surface area contributed by atoms with Gasteiger partial charge in [0.05, 0.1) is 6.04 Å². The fraction of sp³-hybridized carbons (Fsp3) is 0.333. The van der Waals surface area contributed by atoms with Gasteiger partial charge in [0.1, 0.15) is 5.75 Å². The predicted octanol–water partition coefficient (Wildman–Crippen LogP) is 5.08. The third-order valence-electron chi connectivity index (χ3n) is 3.62. The van der Waals surface area contributed by atoms with Gasteiger partial charge >= 0.3 is 0 Å². The molecule has 0 heterocycles. The summed E-state index contributed by atoms with van der Waals surface area (Å²) in [6.45, 7) is 6.59. The second kappa shape index (κ2) is 6.47. The molecule has 2 nitrogen and oxygen atoms in total. The number of phenolic OH excluding ortho intramolecular Hbond substituents is 1. The second-order valence-corrected chi connectivity index (χ2v) is 5.44. The molecule has 0 aliphatic heterocycles. The van der Waals surface area contributed by atoms with Crippen molar-refractivity contribution in [2.45, 2.75) is 39.2 Å². The van der Waals surface area contributed by atoms with Crippen LogP contribution in [0.2, 0.25) is 0 Å². The van der Waals surface area contributed by atoms with Crippen molar-refractivity contribution < 1.29 is 5.11 Å². The minimum absolute atomic E-state index is 0.260. The van der Waals surface area contributed by atoms with E-state index < -0.39 is 0 Å². The van der Waals surface area contributed by atoms with Crippen molar-refractivity contribution in [3.63, 3.8) is 0 Å². The first-order chi connectivity index (χ1) is 9.61. The number of anilines is 1. The van der Waals surface area contributed by atoms with E-state index in [9.17, 15) is 5.11 Å². The zero-order valence-corrected chi connectivity index (χ0v) is 12.4. The van der Waals surface area contributed by atoms with Crippen LogP contribution in [-0.2, 0) is 0 Å². The molecule has 0 amide bonds. The molecule has 0 fully saturated rings. The Morgan fingerprint density at radius 1 is 1.00 bits per heavy atom. The molecule has 2 aromatic carbocycles. The minimum atomic E-state index is 0.260. The standard InChI is InChI=1S/C18H23NO/c1-4-17(14-9-11-15(20)12-10-14)19-18-8-6-5-7-16(18)13(2)3/h5-13,17,19-20H,4H2,1-3H3. The molecule has 106 valence electrons. The van der Waals surface area contributed by atoms with E-state index in [4.69, 9.17) is 0 Å². The third-order valence-corrected chi connectivity index (χ3v) is 3.62. The molecule has 20 heavy (non-hydrogen) atoms. The van der Waals surface area contributed by atoms with Crippen LogP contribution >= 0.6 is 0 Å². The molecule has 2 heteroatoms. The predicted molar refractivity (Wildman–Crippen MR) is 85.3 cm³/mol. The first kappa shape index (κ1) is 14.4. The summed E-state index contributed by atoms with van der Waals surface area (Å²) in [5, 5.41) is 13.0. The lowest BCUT2D eigenvalue weighted by Gasteiger charge is -2.22. The van der Waals surface area contributed by atoms with Crippen molar-refractivity contribution in [3.05, 3.63) is 59.7 Å². The Labute approximate surface area is 121 Å². The number of hydrogen-bond donors (Lipinski definition) is 2. The summed E-state index contributed by atoms with van der Waals surface area (Å²) in [7, 11) is 0. The van der Waals surface area contributed by atoms with Gasteiger partial charge in [-0.15, -0.1) is 0 Å². The summed E-state index contributed by atoms with van der Waals surface area (Å²) in [4.78, 5) is 0. The van der Waals surface area contributed by atoms with Crippen LogP contribution in [0, 0.1) is 0 Å². The van der Waals surface area contributed by atoms with E-state index in [-0.39, 0.29) is 6.04 Å². The van der Waals surface area contributed by atoms with E-state index in [0.29, 0.717) is 11.7 Å². The Morgan fingerprint density at radius 3 is 2.25 bits per heavy atom. The molecule has 0 bridgehead atoms. The Balaban J connectivity index is 2.24. The summed E-state index contributed by atoms with van der Waals surface area (Å²) in [6, 6.07) is 16.2. The molecule has 0 radical (unpaired) electrons. The van der Waals surface area contributed by atoms with Gasteiger partial charge < -0.3 is 10.4 Å². The Hall–Kier alpha value is -1.96. The largest absolute Gasteiger partial charge is 0.508 e. The summed E-state index contributed by atoms with van der Waals surface area (Å²) < 4.78 is 0. The lowest BCUT2D eigenvalue weighted by Crippen LogP contribution is -2.11. The topological polar surface area (TPSA) is 32.3 Å². The van der Waals surface area contributed by atoms with Gasteiger partial charge in [-0.25, -0.2) is 0 Å². The summed E-state index contributed by atoms with van der Waals surface area (Å²) >= 11 is 0. The first-order valence-electron chi connectivity index (χ1n) is 7.26. The van der Waals surface area contributed by atoms with Crippen LogP contribution in [0.5, 0.6) is 5.75 Å². The molecule has 0 saturated carbocycles. The summed E-state index contributed by atoms with van der Waals surface area (Å²) in [5.41, 5.74) is 3.73. The lowest BCUT2D eigenvalue weighted by atomic mass is 9.99. The highest BCUT2D eigenvalue weighted by atomic mass is 16.3. The van der Waals surface area contributed by atoms with Crippen molar-refractivity contribution in [3.8, 4) is 5.75 Å². The number of nitrogens with one attached hydrogen (secondary N) is 1. The van der Waals surface area contributed by atoms with Crippen molar-refractivity contribution >= 4 is 5.69 Å². The molecule has 0 spiro atoms. The van der Waals surface area contributed by atoms with Crippen LogP contribution in [0.4, 0.5) is 5.69 Å². The highest BCUT2D eigenvalue weighted by Crippen LogP contribution is 2.29. The summed E-state index contributed by atoms with van der Waals surface area (Å²) in [6.07, 6.45) is 0.997. The fourth-order valence-corrected chi connectivity index (χ4v) is 2.45. The van der Waals surface area contributed by atoms with Gasteiger partial charge in [0.25, 0.3) is 0 Å². The van der Waals surface area contributed by atoms with Crippen LogP contribution in [0.15, 0.2) is 48.5 Å². The van der Waals surface area contributed by atoms with E-state index in [1.807, 2.05) is 12.1 Å². The molecule has 1 atom stereocenters. The number of benzene rings is 2. The molecule has 2 rings (SSSR count). The van der Waals surface area contributed by atoms with Gasteiger partial charge in [-0.3, -0.25) is 0 Å². The smallest absolute Gasteiger partial charge is 0.115 e. The number of phenols is 1. The summed E-state index contributed by atoms with van der Waals surface area (Å²) in [5.74, 6) is 0.808. The molecule has 0 aromatic heterocycles. The average molecular weight is 269 g/mol. The lowest BCUT2D eigenvalue weighted by molar-refractivity contribution is 0.475. The Bertz CT molecular complexity index is 546. The van der Waals surface area contributed by atoms with Gasteiger partial charge in [-0.05, 0) is 41.7 Å². The number of rotatable bonds is 5. The fourth-order valence-electron chi connectivity index (χ4n) is 2.45. The van der Waals surface area contributed by atoms with Gasteiger partial charge in [0.2, 0.25) is 0 Å². The van der Waals surface area contributed by atoms with Gasteiger partial charge in [0, 0.05) is 5.69 Å². The van der Waals surface area contributed by atoms with Crippen LogP contribution in [-0.4, -0.2) is 5.11 Å². The maximum absolute atomic E-state index is 9.40. The monoisotopic (exact) mass is 269 g/mol. The molecule has 0 aliphatic rings. The number of hydrogen-bond acceptors (Lipinski definition) is 2. The molecule has 2 N–H and O–H groups in total. The van der Waals surface area contributed by atoms with E-state index in [1.54, 1.807) is 12.1 Å². The van der Waals surface area contributed by atoms with Crippen LogP contribution in [0.1, 0.15) is 50.3 Å². The average Bonchev–Trinajstić information content (AvgIpc) is 2.46. The quantitative estimate of drug-likeness (QED) is 0.793. The molecule has 0 aliphatic carbocycles.